The molecule has 0 radical (unpaired) electrons. The predicted molar refractivity (Wildman–Crippen MR) is 86.0 cm³/mol. The highest BCUT2D eigenvalue weighted by Crippen LogP contribution is 2.10. The van der Waals surface area contributed by atoms with Gasteiger partial charge in [0.15, 0.2) is 0 Å². The van der Waals surface area contributed by atoms with Crippen molar-refractivity contribution in [2.45, 2.75) is 13.0 Å². The van der Waals surface area contributed by atoms with Gasteiger partial charge in [-0.15, -0.1) is 0 Å². The molecular formula is C16H19N5O3. The van der Waals surface area contributed by atoms with E-state index in [4.69, 9.17) is 4.42 Å². The van der Waals surface area contributed by atoms with Crippen molar-refractivity contribution in [1.29, 1.82) is 0 Å². The summed E-state index contributed by atoms with van der Waals surface area (Å²) in [5, 5.41) is 2.68. The summed E-state index contributed by atoms with van der Waals surface area (Å²) in [5.41, 5.74) is 0. The third kappa shape index (κ3) is 4.09. The molecule has 1 N–H and O–H groups in total. The third-order valence-electron chi connectivity index (χ3n) is 3.82. The van der Waals surface area contributed by atoms with Crippen LogP contribution >= 0.6 is 0 Å². The van der Waals surface area contributed by atoms with Crippen LogP contribution < -0.4 is 10.2 Å². The van der Waals surface area contributed by atoms with Crippen molar-refractivity contribution in [2.24, 2.45) is 0 Å². The number of carbonyl (C=O) groups is 2. The molecule has 0 atom stereocenters. The second-order valence-electron chi connectivity index (χ2n) is 5.45. The van der Waals surface area contributed by atoms with Crippen molar-refractivity contribution >= 4 is 17.8 Å². The molecule has 0 spiro atoms. The van der Waals surface area contributed by atoms with Crippen molar-refractivity contribution in [1.82, 2.24) is 20.2 Å². The molecule has 8 nitrogen and oxygen atoms in total. The molecule has 3 heterocycles. The van der Waals surface area contributed by atoms with E-state index in [9.17, 15) is 9.59 Å². The molecule has 0 unspecified atom stereocenters. The van der Waals surface area contributed by atoms with Crippen LogP contribution in [0.2, 0.25) is 0 Å². The van der Waals surface area contributed by atoms with E-state index < -0.39 is 0 Å². The lowest BCUT2D eigenvalue weighted by atomic mass is 10.2. The van der Waals surface area contributed by atoms with E-state index in [1.165, 1.54) is 0 Å². The summed E-state index contributed by atoms with van der Waals surface area (Å²) < 4.78 is 5.13. The van der Waals surface area contributed by atoms with E-state index in [0.717, 1.165) is 0 Å². The second-order valence-corrected chi connectivity index (χ2v) is 5.45. The zero-order chi connectivity index (χ0) is 16.8. The maximum Gasteiger partial charge on any atom is 0.232 e. The highest BCUT2D eigenvalue weighted by molar-refractivity contribution is 5.96. The number of carbonyl (C=O) groups excluding carboxylic acids is 2. The van der Waals surface area contributed by atoms with Gasteiger partial charge in [0, 0.05) is 38.6 Å². The Bertz CT molecular complexity index is 666. The van der Waals surface area contributed by atoms with Crippen LogP contribution in [-0.4, -0.2) is 52.9 Å². The number of rotatable bonds is 5. The summed E-state index contributed by atoms with van der Waals surface area (Å²) in [6.07, 6.45) is 4.79. The molecule has 0 bridgehead atoms. The Kier molecular flexibility index (Phi) is 5.05. The number of piperazine rings is 1. The van der Waals surface area contributed by atoms with Gasteiger partial charge in [0.25, 0.3) is 0 Å². The van der Waals surface area contributed by atoms with Gasteiger partial charge in [0.2, 0.25) is 17.8 Å². The van der Waals surface area contributed by atoms with Gasteiger partial charge >= 0.3 is 0 Å². The molecule has 1 fully saturated rings. The molecule has 0 saturated carbocycles. The van der Waals surface area contributed by atoms with Gasteiger partial charge in [-0.1, -0.05) is 0 Å². The van der Waals surface area contributed by atoms with Crippen molar-refractivity contribution in [2.75, 3.05) is 31.1 Å². The largest absolute Gasteiger partial charge is 0.467 e. The van der Waals surface area contributed by atoms with Crippen molar-refractivity contribution < 1.29 is 14.0 Å². The van der Waals surface area contributed by atoms with Crippen LogP contribution in [0, 0.1) is 0 Å². The first-order valence-corrected chi connectivity index (χ1v) is 7.81. The van der Waals surface area contributed by atoms with E-state index >= 15 is 0 Å². The summed E-state index contributed by atoms with van der Waals surface area (Å²) in [5.74, 6) is 0.860. The molecule has 1 saturated heterocycles. The fraction of sp³-hybridized carbons (Fsp3) is 0.375. The lowest BCUT2D eigenvalue weighted by Crippen LogP contribution is -2.50. The van der Waals surface area contributed by atoms with E-state index in [1.807, 2.05) is 4.90 Å². The standard InChI is InChI=1S/C16H19N5O3/c22-14(19-12-13-3-1-10-24-13)11-15(23)20-6-8-21(9-7-20)16-17-4-2-5-18-16/h1-5,10H,6-9,11-12H2,(H,19,22). The smallest absolute Gasteiger partial charge is 0.232 e. The third-order valence-corrected chi connectivity index (χ3v) is 3.82. The summed E-state index contributed by atoms with van der Waals surface area (Å²) in [4.78, 5) is 36.2. The number of furan rings is 1. The zero-order valence-electron chi connectivity index (χ0n) is 13.2. The van der Waals surface area contributed by atoms with Gasteiger partial charge in [-0.3, -0.25) is 9.59 Å². The number of hydrogen-bond donors (Lipinski definition) is 1. The lowest BCUT2D eigenvalue weighted by Gasteiger charge is -2.34. The molecule has 126 valence electrons. The van der Waals surface area contributed by atoms with Crippen LogP contribution in [0.25, 0.3) is 0 Å². The van der Waals surface area contributed by atoms with Gasteiger partial charge in [0.05, 0.1) is 12.8 Å². The quantitative estimate of drug-likeness (QED) is 0.800. The monoisotopic (exact) mass is 329 g/mol. The Labute approximate surface area is 139 Å². The molecule has 3 rings (SSSR count). The average molecular weight is 329 g/mol. The highest BCUT2D eigenvalue weighted by Gasteiger charge is 2.23. The normalized spacial score (nSPS) is 14.5. The Morgan fingerprint density at radius 1 is 1.12 bits per heavy atom. The number of nitrogens with zero attached hydrogens (tertiary/aromatic N) is 4. The highest BCUT2D eigenvalue weighted by atomic mass is 16.3. The first-order valence-electron chi connectivity index (χ1n) is 7.81. The first-order chi connectivity index (χ1) is 11.7. The number of hydrogen-bond acceptors (Lipinski definition) is 6. The van der Waals surface area contributed by atoms with E-state index in [0.29, 0.717) is 37.9 Å². The topological polar surface area (TPSA) is 91.6 Å². The molecule has 2 aromatic heterocycles. The summed E-state index contributed by atoms with van der Waals surface area (Å²) >= 11 is 0. The number of anilines is 1. The molecule has 1 aliphatic rings. The van der Waals surface area contributed by atoms with Crippen LogP contribution in [-0.2, 0) is 16.1 Å². The van der Waals surface area contributed by atoms with E-state index in [1.54, 1.807) is 41.8 Å². The summed E-state index contributed by atoms with van der Waals surface area (Å²) in [7, 11) is 0. The maximum absolute atomic E-state index is 12.2. The molecule has 0 aliphatic carbocycles. The summed E-state index contributed by atoms with van der Waals surface area (Å²) in [6.45, 7) is 2.72. The van der Waals surface area contributed by atoms with Gasteiger partial charge < -0.3 is 19.5 Å². The van der Waals surface area contributed by atoms with Crippen molar-refractivity contribution in [3.8, 4) is 0 Å². The fourth-order valence-corrected chi connectivity index (χ4v) is 2.52. The zero-order valence-corrected chi connectivity index (χ0v) is 13.2. The molecule has 2 amide bonds. The van der Waals surface area contributed by atoms with Crippen LogP contribution in [0.3, 0.4) is 0 Å². The Hall–Kier alpha value is -2.90. The summed E-state index contributed by atoms with van der Waals surface area (Å²) in [6, 6.07) is 5.29. The van der Waals surface area contributed by atoms with Crippen LogP contribution in [0.15, 0.2) is 41.3 Å². The lowest BCUT2D eigenvalue weighted by molar-refractivity contribution is -0.136. The number of nitrogens with one attached hydrogen (secondary N) is 1. The second kappa shape index (κ2) is 7.58. The van der Waals surface area contributed by atoms with Gasteiger partial charge in [0.1, 0.15) is 12.2 Å². The molecule has 24 heavy (non-hydrogen) atoms. The Morgan fingerprint density at radius 3 is 2.54 bits per heavy atom. The van der Waals surface area contributed by atoms with Crippen LogP contribution in [0.5, 0.6) is 0 Å². The molecular weight excluding hydrogens is 310 g/mol. The SMILES string of the molecule is O=C(CC(=O)N1CCN(c2ncccn2)CC1)NCc1ccco1. The van der Waals surface area contributed by atoms with Crippen LogP contribution in [0.4, 0.5) is 5.95 Å². The predicted octanol–water partition coefficient (Wildman–Crippen LogP) is 0.425. The Morgan fingerprint density at radius 2 is 1.88 bits per heavy atom. The molecule has 8 heteroatoms. The molecule has 0 aromatic carbocycles. The minimum absolute atomic E-state index is 0.150. The first kappa shape index (κ1) is 16.0. The number of amides is 2. The maximum atomic E-state index is 12.2. The molecule has 1 aliphatic heterocycles. The van der Waals surface area contributed by atoms with Crippen molar-refractivity contribution in [3.63, 3.8) is 0 Å². The van der Waals surface area contributed by atoms with E-state index in [2.05, 4.69) is 15.3 Å². The van der Waals surface area contributed by atoms with Gasteiger partial charge in [-0.25, -0.2) is 9.97 Å². The van der Waals surface area contributed by atoms with E-state index in [-0.39, 0.29) is 24.8 Å². The van der Waals surface area contributed by atoms with Crippen molar-refractivity contribution in [3.05, 3.63) is 42.6 Å². The van der Waals surface area contributed by atoms with Gasteiger partial charge in [-0.2, -0.15) is 0 Å². The number of aromatic nitrogens is 2. The Balaban J connectivity index is 1.42. The minimum Gasteiger partial charge on any atom is -0.467 e. The van der Waals surface area contributed by atoms with Crippen LogP contribution in [0.1, 0.15) is 12.2 Å². The van der Waals surface area contributed by atoms with Gasteiger partial charge in [-0.05, 0) is 18.2 Å². The molecule has 2 aromatic rings. The minimum atomic E-state index is -0.301. The fourth-order valence-electron chi connectivity index (χ4n) is 2.52. The average Bonchev–Trinajstić information content (AvgIpc) is 3.14.